The second-order valence-electron chi connectivity index (χ2n) is 5.82. The van der Waals surface area contributed by atoms with Crippen molar-refractivity contribution in [2.24, 2.45) is 0 Å². The number of aliphatic hydroxyl groups is 1. The number of hydrogen-bond donors (Lipinski definition) is 2. The van der Waals surface area contributed by atoms with Crippen LogP contribution < -0.4 is 14.8 Å². The van der Waals surface area contributed by atoms with Crippen LogP contribution in [0.2, 0.25) is 0 Å². The van der Waals surface area contributed by atoms with Crippen molar-refractivity contribution in [3.63, 3.8) is 0 Å². The van der Waals surface area contributed by atoms with Gasteiger partial charge in [0.15, 0.2) is 22.9 Å². The predicted octanol–water partition coefficient (Wildman–Crippen LogP) is 1.87. The van der Waals surface area contributed by atoms with Crippen molar-refractivity contribution in [2.45, 2.75) is 12.0 Å². The van der Waals surface area contributed by atoms with Crippen LogP contribution >= 0.6 is 0 Å². The Bertz CT molecular complexity index is 847. The lowest BCUT2D eigenvalue weighted by atomic mass is 9.88. The van der Waals surface area contributed by atoms with Crippen LogP contribution in [0.25, 0.3) is 0 Å². The molecule has 0 aromatic heterocycles. The quantitative estimate of drug-likeness (QED) is 0.842. The minimum absolute atomic E-state index is 0.338. The molecule has 4 rings (SSSR count). The number of rotatable bonds is 3. The van der Waals surface area contributed by atoms with Gasteiger partial charge in [-0.25, -0.2) is 0 Å². The van der Waals surface area contributed by atoms with Crippen molar-refractivity contribution in [1.82, 2.24) is 0 Å². The third-order valence-corrected chi connectivity index (χ3v) is 4.28. The van der Waals surface area contributed by atoms with Crippen LogP contribution in [0.5, 0.6) is 11.5 Å². The van der Waals surface area contributed by atoms with E-state index in [9.17, 15) is 14.7 Å². The molecule has 0 bridgehead atoms. The summed E-state index contributed by atoms with van der Waals surface area (Å²) in [4.78, 5) is 24.8. The van der Waals surface area contributed by atoms with E-state index in [-0.39, 0.29) is 12.2 Å². The maximum atomic E-state index is 12.6. The lowest BCUT2D eigenvalue weighted by molar-refractivity contribution is -0.133. The van der Waals surface area contributed by atoms with E-state index in [2.05, 4.69) is 5.32 Å². The van der Waals surface area contributed by atoms with Crippen LogP contribution in [0.3, 0.4) is 0 Å². The molecule has 122 valence electrons. The van der Waals surface area contributed by atoms with Crippen LogP contribution in [-0.4, -0.2) is 30.0 Å². The van der Waals surface area contributed by atoms with Crippen molar-refractivity contribution in [3.8, 4) is 11.5 Å². The number of amides is 1. The number of nitrogens with one attached hydrogen (secondary N) is 1. The van der Waals surface area contributed by atoms with Crippen molar-refractivity contribution < 1.29 is 24.2 Å². The van der Waals surface area contributed by atoms with Crippen LogP contribution in [0.1, 0.15) is 22.3 Å². The Hall–Kier alpha value is -2.86. The van der Waals surface area contributed by atoms with Crippen molar-refractivity contribution in [3.05, 3.63) is 53.6 Å². The summed E-state index contributed by atoms with van der Waals surface area (Å²) < 4.78 is 10.9. The van der Waals surface area contributed by atoms with E-state index in [0.717, 1.165) is 0 Å². The second kappa shape index (κ2) is 5.35. The zero-order valence-electron chi connectivity index (χ0n) is 12.7. The van der Waals surface area contributed by atoms with E-state index in [0.29, 0.717) is 41.5 Å². The molecule has 1 unspecified atom stereocenters. The molecule has 0 fully saturated rings. The highest BCUT2D eigenvalue weighted by atomic mass is 16.6. The lowest BCUT2D eigenvalue weighted by Crippen LogP contribution is -2.36. The van der Waals surface area contributed by atoms with Gasteiger partial charge in [-0.2, -0.15) is 0 Å². The summed E-state index contributed by atoms with van der Waals surface area (Å²) in [6.45, 7) is 0.890. The minimum Gasteiger partial charge on any atom is -0.486 e. The average Bonchev–Trinajstić information content (AvgIpc) is 2.85. The molecule has 2 heterocycles. The fourth-order valence-electron chi connectivity index (χ4n) is 3.03. The molecule has 0 saturated carbocycles. The van der Waals surface area contributed by atoms with Gasteiger partial charge in [0.1, 0.15) is 13.2 Å². The van der Waals surface area contributed by atoms with Crippen LogP contribution in [0.15, 0.2) is 42.5 Å². The number of ether oxygens (including phenoxy) is 2. The monoisotopic (exact) mass is 325 g/mol. The van der Waals surface area contributed by atoms with Crippen molar-refractivity contribution in [1.29, 1.82) is 0 Å². The molecule has 6 heteroatoms. The standard InChI is InChI=1S/C18H15NO5/c20-14(11-5-6-15-16(9-11)24-8-7-23-15)10-18(22)12-3-1-2-4-13(12)19-17(18)21/h1-6,9,22H,7-8,10H2,(H,19,21). The molecule has 1 atom stereocenters. The first-order valence-corrected chi connectivity index (χ1v) is 7.64. The Morgan fingerprint density at radius 1 is 1.12 bits per heavy atom. The normalized spacial score (nSPS) is 21.1. The summed E-state index contributed by atoms with van der Waals surface area (Å²) in [5.41, 5.74) is -0.549. The van der Waals surface area contributed by atoms with Gasteiger partial charge in [0.05, 0.1) is 6.42 Å². The van der Waals surface area contributed by atoms with Gasteiger partial charge in [-0.1, -0.05) is 18.2 Å². The zero-order valence-corrected chi connectivity index (χ0v) is 12.7. The second-order valence-corrected chi connectivity index (χ2v) is 5.82. The molecule has 0 spiro atoms. The number of fused-ring (bicyclic) bond motifs is 2. The summed E-state index contributed by atoms with van der Waals surface area (Å²) in [6.07, 6.45) is -0.338. The number of ketones is 1. The lowest BCUT2D eigenvalue weighted by Gasteiger charge is -2.21. The van der Waals surface area contributed by atoms with E-state index in [1.807, 2.05) is 0 Å². The first-order valence-electron chi connectivity index (χ1n) is 7.64. The number of carbonyl (C=O) groups excluding carboxylic acids is 2. The Morgan fingerprint density at radius 2 is 1.88 bits per heavy atom. The first-order chi connectivity index (χ1) is 11.6. The van der Waals surface area contributed by atoms with Gasteiger partial charge < -0.3 is 19.9 Å². The fourth-order valence-corrected chi connectivity index (χ4v) is 3.03. The molecule has 6 nitrogen and oxygen atoms in total. The average molecular weight is 325 g/mol. The Morgan fingerprint density at radius 3 is 2.71 bits per heavy atom. The summed E-state index contributed by atoms with van der Waals surface area (Å²) in [7, 11) is 0. The summed E-state index contributed by atoms with van der Waals surface area (Å²) >= 11 is 0. The van der Waals surface area contributed by atoms with E-state index in [4.69, 9.17) is 9.47 Å². The predicted molar refractivity (Wildman–Crippen MR) is 85.3 cm³/mol. The topological polar surface area (TPSA) is 84.9 Å². The number of anilines is 1. The molecule has 2 aliphatic heterocycles. The largest absolute Gasteiger partial charge is 0.486 e. The molecular weight excluding hydrogens is 310 g/mol. The van der Waals surface area contributed by atoms with Gasteiger partial charge >= 0.3 is 0 Å². The molecular formula is C18H15NO5. The van der Waals surface area contributed by atoms with Gasteiger partial charge in [-0.05, 0) is 24.3 Å². The zero-order chi connectivity index (χ0) is 16.7. The van der Waals surface area contributed by atoms with E-state index in [1.54, 1.807) is 42.5 Å². The summed E-state index contributed by atoms with van der Waals surface area (Å²) in [5.74, 6) is 0.145. The summed E-state index contributed by atoms with van der Waals surface area (Å²) in [6, 6.07) is 11.7. The summed E-state index contributed by atoms with van der Waals surface area (Å²) in [5, 5.41) is 13.4. The molecule has 24 heavy (non-hydrogen) atoms. The molecule has 1 amide bonds. The van der Waals surface area contributed by atoms with Gasteiger partial charge in [0.25, 0.3) is 5.91 Å². The van der Waals surface area contributed by atoms with E-state index < -0.39 is 11.5 Å². The van der Waals surface area contributed by atoms with Gasteiger partial charge in [-0.15, -0.1) is 0 Å². The van der Waals surface area contributed by atoms with Crippen LogP contribution in [-0.2, 0) is 10.4 Å². The highest BCUT2D eigenvalue weighted by Gasteiger charge is 2.46. The van der Waals surface area contributed by atoms with Crippen molar-refractivity contribution in [2.75, 3.05) is 18.5 Å². The first kappa shape index (κ1) is 14.7. The van der Waals surface area contributed by atoms with Gasteiger partial charge in [0, 0.05) is 16.8 Å². The number of hydrogen-bond acceptors (Lipinski definition) is 5. The van der Waals surface area contributed by atoms with Crippen LogP contribution in [0, 0.1) is 0 Å². The van der Waals surface area contributed by atoms with Crippen molar-refractivity contribution >= 4 is 17.4 Å². The molecule has 0 radical (unpaired) electrons. The van der Waals surface area contributed by atoms with Gasteiger partial charge in [0.2, 0.25) is 0 Å². The highest BCUT2D eigenvalue weighted by molar-refractivity contribution is 6.09. The number of benzene rings is 2. The van der Waals surface area contributed by atoms with Gasteiger partial charge in [-0.3, -0.25) is 9.59 Å². The smallest absolute Gasteiger partial charge is 0.261 e. The van der Waals surface area contributed by atoms with E-state index in [1.165, 1.54) is 0 Å². The number of Topliss-reactive ketones (excluding diaryl/α,β-unsaturated/α-hetero) is 1. The maximum absolute atomic E-state index is 12.6. The highest BCUT2D eigenvalue weighted by Crippen LogP contribution is 2.39. The van der Waals surface area contributed by atoms with E-state index >= 15 is 0 Å². The third kappa shape index (κ3) is 2.23. The Balaban J connectivity index is 1.63. The van der Waals surface area contributed by atoms with Crippen LogP contribution in [0.4, 0.5) is 5.69 Å². The molecule has 2 N–H and O–H groups in total. The Labute approximate surface area is 138 Å². The Kier molecular flexibility index (Phi) is 3.28. The molecule has 0 saturated heterocycles. The number of carbonyl (C=O) groups is 2. The molecule has 2 aromatic carbocycles. The fraction of sp³-hybridized carbons (Fsp3) is 0.222. The maximum Gasteiger partial charge on any atom is 0.261 e. The SMILES string of the molecule is O=C(CC1(O)C(=O)Nc2ccccc21)c1ccc2c(c1)OCCO2. The minimum atomic E-state index is -1.86. The third-order valence-electron chi connectivity index (χ3n) is 4.28. The molecule has 2 aliphatic rings. The molecule has 2 aromatic rings. The molecule has 0 aliphatic carbocycles. The number of para-hydroxylation sites is 1.